The van der Waals surface area contributed by atoms with Gasteiger partial charge in [-0.25, -0.2) is 9.97 Å². The molecule has 23 heavy (non-hydrogen) atoms. The summed E-state index contributed by atoms with van der Waals surface area (Å²) in [6.07, 6.45) is 1.57. The van der Waals surface area contributed by atoms with Gasteiger partial charge in [-0.2, -0.15) is 18.4 Å². The average Bonchev–Trinajstić information content (AvgIpc) is 2.55. The number of carboxylic acid groups (broad SMARTS) is 1. The fourth-order valence-corrected chi connectivity index (χ4v) is 1.24. The number of aliphatic carboxylic acids is 1. The number of carboxylic acids is 1. The molecule has 0 radical (unpaired) electrons. The van der Waals surface area contributed by atoms with Gasteiger partial charge in [0, 0.05) is 30.9 Å². The number of alkyl halides is 3. The SMILES string of the molecule is CC(C#N)[n+]1ccc(-c2ncccn2)cn1.O=C([O-])C(F)(F)F. The van der Waals surface area contributed by atoms with Gasteiger partial charge in [-0.1, -0.05) is 4.68 Å². The van der Waals surface area contributed by atoms with E-state index in [2.05, 4.69) is 21.1 Å². The highest BCUT2D eigenvalue weighted by molar-refractivity contribution is 5.70. The van der Waals surface area contributed by atoms with Gasteiger partial charge < -0.3 is 9.90 Å². The minimum atomic E-state index is -5.19. The van der Waals surface area contributed by atoms with Crippen LogP contribution >= 0.6 is 0 Å². The predicted molar refractivity (Wildman–Crippen MR) is 66.8 cm³/mol. The first-order chi connectivity index (χ1) is 10.8. The fourth-order valence-electron chi connectivity index (χ4n) is 1.24. The summed E-state index contributed by atoms with van der Waals surface area (Å²) in [7, 11) is 0. The van der Waals surface area contributed by atoms with Crippen molar-refractivity contribution in [2.45, 2.75) is 19.1 Å². The van der Waals surface area contributed by atoms with Crippen LogP contribution in [-0.4, -0.2) is 27.2 Å². The van der Waals surface area contributed by atoms with Crippen molar-refractivity contribution in [1.29, 1.82) is 5.26 Å². The lowest BCUT2D eigenvalue weighted by molar-refractivity contribution is -0.762. The van der Waals surface area contributed by atoms with Crippen molar-refractivity contribution in [1.82, 2.24) is 15.1 Å². The van der Waals surface area contributed by atoms with Gasteiger partial charge in [-0.3, -0.25) is 0 Å². The molecule has 0 saturated heterocycles. The van der Waals surface area contributed by atoms with Crippen molar-refractivity contribution in [3.63, 3.8) is 0 Å². The van der Waals surface area contributed by atoms with E-state index in [9.17, 15) is 13.2 Å². The molecule has 0 bridgehead atoms. The number of nitrogens with zero attached hydrogens (tertiary/aromatic N) is 5. The van der Waals surface area contributed by atoms with E-state index in [0.717, 1.165) is 5.56 Å². The Morgan fingerprint density at radius 3 is 2.35 bits per heavy atom. The van der Waals surface area contributed by atoms with Crippen LogP contribution in [0.5, 0.6) is 0 Å². The molecule has 0 aromatic carbocycles. The summed E-state index contributed by atoms with van der Waals surface area (Å²) < 4.78 is 33.1. The van der Waals surface area contributed by atoms with Crippen LogP contribution in [0.4, 0.5) is 13.2 Å². The van der Waals surface area contributed by atoms with Gasteiger partial charge in [0.15, 0.2) is 12.0 Å². The maximum Gasteiger partial charge on any atom is 0.430 e. The Balaban J connectivity index is 0.000000322. The van der Waals surface area contributed by atoms with Gasteiger partial charge in [0.1, 0.15) is 18.2 Å². The second-order valence-electron chi connectivity index (χ2n) is 4.06. The van der Waals surface area contributed by atoms with Gasteiger partial charge in [0.25, 0.3) is 6.04 Å². The smallest absolute Gasteiger partial charge is 0.430 e. The van der Waals surface area contributed by atoms with Crippen molar-refractivity contribution >= 4 is 5.97 Å². The average molecular weight is 325 g/mol. The van der Waals surface area contributed by atoms with Crippen molar-refractivity contribution in [2.75, 3.05) is 0 Å². The Labute approximate surface area is 128 Å². The van der Waals surface area contributed by atoms with Gasteiger partial charge >= 0.3 is 6.18 Å². The number of carbonyl (C=O) groups excluding carboxylic acids is 1. The van der Waals surface area contributed by atoms with E-state index in [1.54, 1.807) is 42.5 Å². The Hall–Kier alpha value is -3.09. The van der Waals surface area contributed by atoms with E-state index in [4.69, 9.17) is 15.2 Å². The third-order valence-electron chi connectivity index (χ3n) is 2.38. The summed E-state index contributed by atoms with van der Waals surface area (Å²) in [6, 6.07) is 5.44. The molecular weight excluding hydrogens is 315 g/mol. The highest BCUT2D eigenvalue weighted by atomic mass is 19.4. The second kappa shape index (κ2) is 7.79. The third kappa shape index (κ3) is 5.66. The van der Waals surface area contributed by atoms with Crippen molar-refractivity contribution < 1.29 is 27.8 Å². The Morgan fingerprint density at radius 2 is 1.96 bits per heavy atom. The standard InChI is InChI=1S/C11H10N5.C2HF3O2/c1-9(7-12)16-6-3-10(8-15-16)11-13-4-2-5-14-11;3-2(4,5)1(6)7/h2-6,8-9H,1H3;(H,6,7)/q+1;/p-1. The monoisotopic (exact) mass is 325 g/mol. The molecule has 0 spiro atoms. The van der Waals surface area contributed by atoms with Crippen LogP contribution in [0, 0.1) is 11.3 Å². The highest BCUT2D eigenvalue weighted by Crippen LogP contribution is 2.11. The molecule has 0 N–H and O–H groups in total. The molecule has 0 fully saturated rings. The number of carbonyl (C=O) groups is 1. The number of halogens is 3. The fraction of sp³-hybridized carbons (Fsp3) is 0.231. The first-order valence-corrected chi connectivity index (χ1v) is 6.08. The molecule has 0 aliphatic heterocycles. The zero-order valence-corrected chi connectivity index (χ0v) is 11.7. The lowest BCUT2D eigenvalue weighted by Gasteiger charge is -2.03. The molecule has 0 amide bonds. The lowest BCUT2D eigenvalue weighted by atomic mass is 10.3. The molecule has 0 saturated carbocycles. The van der Waals surface area contributed by atoms with Crippen molar-refractivity contribution in [3.8, 4) is 17.5 Å². The number of hydrogen-bond donors (Lipinski definition) is 0. The number of hydrogen-bond acceptors (Lipinski definition) is 6. The van der Waals surface area contributed by atoms with Crippen LogP contribution in [0.25, 0.3) is 11.4 Å². The van der Waals surface area contributed by atoms with Crippen LogP contribution in [0.2, 0.25) is 0 Å². The van der Waals surface area contributed by atoms with E-state index < -0.39 is 12.1 Å². The maximum absolute atomic E-state index is 10.5. The highest BCUT2D eigenvalue weighted by Gasteiger charge is 2.28. The molecular formula is C13H10F3N5O2. The molecule has 2 aromatic rings. The molecule has 2 aromatic heterocycles. The molecule has 1 unspecified atom stereocenters. The molecule has 10 heteroatoms. The minimum Gasteiger partial charge on any atom is -0.542 e. The van der Waals surface area contributed by atoms with Crippen LogP contribution in [0.1, 0.15) is 13.0 Å². The molecule has 120 valence electrons. The molecule has 0 aliphatic carbocycles. The predicted octanol–water partition coefficient (Wildman–Crippen LogP) is 0.209. The normalized spacial score (nSPS) is 11.6. The van der Waals surface area contributed by atoms with E-state index >= 15 is 0 Å². The number of aromatic nitrogens is 4. The summed E-state index contributed by atoms with van der Waals surface area (Å²) in [5.41, 5.74) is 0.835. The summed E-state index contributed by atoms with van der Waals surface area (Å²) in [4.78, 5) is 17.0. The largest absolute Gasteiger partial charge is 0.542 e. The minimum absolute atomic E-state index is 0.272. The molecule has 7 nitrogen and oxygen atoms in total. The van der Waals surface area contributed by atoms with Crippen LogP contribution in [-0.2, 0) is 4.79 Å². The summed E-state index contributed by atoms with van der Waals surface area (Å²) in [5.74, 6) is -2.38. The van der Waals surface area contributed by atoms with Crippen molar-refractivity contribution in [3.05, 3.63) is 36.9 Å². The quantitative estimate of drug-likeness (QED) is 0.731. The van der Waals surface area contributed by atoms with Crippen LogP contribution in [0.3, 0.4) is 0 Å². The van der Waals surface area contributed by atoms with Gasteiger partial charge in [-0.05, 0) is 11.2 Å². The van der Waals surface area contributed by atoms with Gasteiger partial charge in [-0.15, -0.1) is 0 Å². The van der Waals surface area contributed by atoms with Crippen LogP contribution < -0.4 is 9.79 Å². The Bertz CT molecular complexity index is 683. The number of nitriles is 1. The van der Waals surface area contributed by atoms with Crippen molar-refractivity contribution in [2.24, 2.45) is 0 Å². The molecule has 2 rings (SSSR count). The zero-order valence-electron chi connectivity index (χ0n) is 11.7. The van der Waals surface area contributed by atoms with Gasteiger partial charge in [0.05, 0.1) is 0 Å². The van der Waals surface area contributed by atoms with E-state index in [1.165, 1.54) is 0 Å². The summed E-state index contributed by atoms with van der Waals surface area (Å²) >= 11 is 0. The Morgan fingerprint density at radius 1 is 1.39 bits per heavy atom. The summed E-state index contributed by atoms with van der Waals surface area (Å²) in [5, 5.41) is 21.7. The molecule has 0 aliphatic rings. The van der Waals surface area contributed by atoms with Crippen LogP contribution in [0.15, 0.2) is 36.9 Å². The second-order valence-corrected chi connectivity index (χ2v) is 4.06. The lowest BCUT2D eigenvalue weighted by Crippen LogP contribution is -2.40. The zero-order chi connectivity index (χ0) is 17.5. The van der Waals surface area contributed by atoms with E-state index in [0.29, 0.717) is 5.82 Å². The molecule has 2 heterocycles. The number of rotatable bonds is 2. The third-order valence-corrected chi connectivity index (χ3v) is 2.38. The maximum atomic E-state index is 10.5. The Kier molecular flexibility index (Phi) is 6.08. The molecule has 1 atom stereocenters. The topological polar surface area (TPSA) is 106 Å². The van der Waals surface area contributed by atoms with Gasteiger partial charge in [0.2, 0.25) is 0 Å². The summed E-state index contributed by atoms with van der Waals surface area (Å²) in [6.45, 7) is 1.78. The van der Waals surface area contributed by atoms with E-state index in [-0.39, 0.29) is 6.04 Å². The first kappa shape index (κ1) is 18.0. The van der Waals surface area contributed by atoms with E-state index in [1.807, 2.05) is 6.07 Å². The first-order valence-electron chi connectivity index (χ1n) is 6.08.